The van der Waals surface area contributed by atoms with Crippen molar-refractivity contribution in [3.63, 3.8) is 0 Å². The van der Waals surface area contributed by atoms with Gasteiger partial charge in [0.2, 0.25) is 0 Å². The number of para-hydroxylation sites is 1. The van der Waals surface area contributed by atoms with E-state index < -0.39 is 18.1 Å². The summed E-state index contributed by atoms with van der Waals surface area (Å²) in [6, 6.07) is 6.84. The van der Waals surface area contributed by atoms with Gasteiger partial charge in [-0.2, -0.15) is 5.10 Å². The first-order valence-corrected chi connectivity index (χ1v) is 8.11. The van der Waals surface area contributed by atoms with Gasteiger partial charge in [-0.15, -0.1) is 5.10 Å². The molecule has 2 aromatic heterocycles. The van der Waals surface area contributed by atoms with Gasteiger partial charge in [0.05, 0.1) is 30.8 Å². The van der Waals surface area contributed by atoms with Crippen LogP contribution in [0.4, 0.5) is 4.39 Å². The molecule has 10 heteroatoms. The molecule has 3 N–H and O–H groups in total. The van der Waals surface area contributed by atoms with E-state index in [1.807, 2.05) is 18.2 Å². The SMILES string of the molecule is NC(=O)c1cn(C[C@@H]2C[C@H](F)CN2C(=O)c2n[nH]c3ccccc23)nn1. The maximum Gasteiger partial charge on any atom is 0.275 e. The number of amides is 2. The summed E-state index contributed by atoms with van der Waals surface area (Å²) in [5.74, 6) is -1.04. The minimum Gasteiger partial charge on any atom is -0.364 e. The zero-order chi connectivity index (χ0) is 18.3. The molecule has 4 rings (SSSR count). The molecule has 1 aromatic carbocycles. The summed E-state index contributed by atoms with van der Waals surface area (Å²) in [6.07, 6.45) is 0.439. The lowest BCUT2D eigenvalue weighted by Gasteiger charge is -2.23. The third kappa shape index (κ3) is 2.79. The number of halogens is 1. The summed E-state index contributed by atoms with van der Waals surface area (Å²) in [4.78, 5) is 25.5. The molecule has 26 heavy (non-hydrogen) atoms. The topological polar surface area (TPSA) is 123 Å². The number of likely N-dealkylation sites (tertiary alicyclic amines) is 1. The van der Waals surface area contributed by atoms with Gasteiger partial charge in [0.15, 0.2) is 11.4 Å². The minimum absolute atomic E-state index is 0.0118. The van der Waals surface area contributed by atoms with Gasteiger partial charge in [-0.1, -0.05) is 23.4 Å². The summed E-state index contributed by atoms with van der Waals surface area (Å²) in [5.41, 5.74) is 6.18. The summed E-state index contributed by atoms with van der Waals surface area (Å²) in [6.45, 7) is 0.205. The van der Waals surface area contributed by atoms with Crippen molar-refractivity contribution in [2.24, 2.45) is 5.73 Å². The number of rotatable bonds is 4. The van der Waals surface area contributed by atoms with Crippen LogP contribution in [0.25, 0.3) is 10.9 Å². The maximum atomic E-state index is 14.0. The zero-order valence-electron chi connectivity index (χ0n) is 13.7. The molecular formula is C16H16FN7O2. The van der Waals surface area contributed by atoms with Gasteiger partial charge in [0, 0.05) is 11.8 Å². The molecule has 1 fully saturated rings. The zero-order valence-corrected chi connectivity index (χ0v) is 13.7. The largest absolute Gasteiger partial charge is 0.364 e. The van der Waals surface area contributed by atoms with Crippen LogP contribution in [0, 0.1) is 0 Å². The lowest BCUT2D eigenvalue weighted by atomic mass is 10.1. The van der Waals surface area contributed by atoms with Gasteiger partial charge in [0.1, 0.15) is 6.17 Å². The molecule has 134 valence electrons. The Hall–Kier alpha value is -3.30. The van der Waals surface area contributed by atoms with E-state index in [0.717, 1.165) is 5.52 Å². The molecule has 2 amide bonds. The van der Waals surface area contributed by atoms with Crippen LogP contribution in [0.2, 0.25) is 0 Å². The van der Waals surface area contributed by atoms with Crippen LogP contribution in [-0.2, 0) is 6.54 Å². The molecule has 9 nitrogen and oxygen atoms in total. The smallest absolute Gasteiger partial charge is 0.275 e. The summed E-state index contributed by atoms with van der Waals surface area (Å²) in [7, 11) is 0. The average molecular weight is 357 g/mol. The number of carbonyl (C=O) groups is 2. The van der Waals surface area contributed by atoms with E-state index >= 15 is 0 Å². The predicted octanol–water partition coefficient (Wildman–Crippen LogP) is 0.506. The molecule has 0 bridgehead atoms. The molecule has 0 saturated carbocycles. The number of aromatic amines is 1. The van der Waals surface area contributed by atoms with Crippen molar-refractivity contribution < 1.29 is 14.0 Å². The predicted molar refractivity (Wildman–Crippen MR) is 89.0 cm³/mol. The molecule has 3 heterocycles. The molecule has 1 aliphatic heterocycles. The van der Waals surface area contributed by atoms with E-state index in [0.29, 0.717) is 5.39 Å². The van der Waals surface area contributed by atoms with Crippen LogP contribution in [0.15, 0.2) is 30.5 Å². The molecule has 3 aromatic rings. The minimum atomic E-state index is -1.13. The number of nitrogens with two attached hydrogens (primary N) is 1. The van der Waals surface area contributed by atoms with Crippen molar-refractivity contribution in [1.82, 2.24) is 30.1 Å². The van der Waals surface area contributed by atoms with E-state index in [1.165, 1.54) is 15.8 Å². The Labute approximate surface area is 146 Å². The van der Waals surface area contributed by atoms with E-state index in [1.54, 1.807) is 6.07 Å². The first-order chi connectivity index (χ1) is 12.5. The Morgan fingerprint density at radius 1 is 1.35 bits per heavy atom. The van der Waals surface area contributed by atoms with Crippen molar-refractivity contribution in [3.05, 3.63) is 41.9 Å². The Morgan fingerprint density at radius 2 is 2.15 bits per heavy atom. The molecular weight excluding hydrogens is 341 g/mol. The number of benzene rings is 1. The number of alkyl halides is 1. The second-order valence-electron chi connectivity index (χ2n) is 6.25. The molecule has 1 aliphatic rings. The van der Waals surface area contributed by atoms with Gasteiger partial charge in [-0.05, 0) is 6.07 Å². The van der Waals surface area contributed by atoms with Crippen molar-refractivity contribution >= 4 is 22.7 Å². The normalized spacial score (nSPS) is 20.0. The Balaban J connectivity index is 1.59. The molecule has 2 atom stereocenters. The number of H-pyrrole nitrogens is 1. The van der Waals surface area contributed by atoms with Crippen LogP contribution in [0.3, 0.4) is 0 Å². The van der Waals surface area contributed by atoms with Crippen LogP contribution in [0.5, 0.6) is 0 Å². The molecule has 0 unspecified atom stereocenters. The Morgan fingerprint density at radius 3 is 2.92 bits per heavy atom. The van der Waals surface area contributed by atoms with E-state index in [2.05, 4.69) is 20.5 Å². The second-order valence-corrected chi connectivity index (χ2v) is 6.25. The number of hydrogen-bond acceptors (Lipinski definition) is 5. The lowest BCUT2D eigenvalue weighted by Crippen LogP contribution is -2.38. The van der Waals surface area contributed by atoms with Gasteiger partial charge in [-0.3, -0.25) is 14.7 Å². The molecule has 0 aliphatic carbocycles. The number of carbonyl (C=O) groups excluding carboxylic acids is 2. The molecule has 1 saturated heterocycles. The number of aromatic nitrogens is 5. The first-order valence-electron chi connectivity index (χ1n) is 8.11. The van der Waals surface area contributed by atoms with E-state index in [4.69, 9.17) is 5.73 Å². The third-order valence-electron chi connectivity index (χ3n) is 4.49. The third-order valence-corrected chi connectivity index (χ3v) is 4.49. The van der Waals surface area contributed by atoms with Gasteiger partial charge in [-0.25, -0.2) is 9.07 Å². The summed E-state index contributed by atoms with van der Waals surface area (Å²) < 4.78 is 15.4. The van der Waals surface area contributed by atoms with Gasteiger partial charge < -0.3 is 10.6 Å². The number of nitrogens with zero attached hydrogens (tertiary/aromatic N) is 5. The van der Waals surface area contributed by atoms with Crippen LogP contribution in [-0.4, -0.2) is 60.7 Å². The molecule has 0 radical (unpaired) electrons. The van der Waals surface area contributed by atoms with E-state index in [-0.39, 0.29) is 36.8 Å². The standard InChI is InChI=1S/C16H16FN7O2/c17-9-5-10(7-23-8-13(15(18)25)20-22-23)24(6-9)16(26)14-11-3-1-2-4-12(11)19-21-14/h1-4,8-10H,5-7H2,(H2,18,25)(H,19,21)/t9-,10-/m0/s1. The fourth-order valence-corrected chi connectivity index (χ4v) is 3.26. The van der Waals surface area contributed by atoms with Crippen LogP contribution < -0.4 is 5.73 Å². The highest BCUT2D eigenvalue weighted by atomic mass is 19.1. The van der Waals surface area contributed by atoms with Crippen molar-refractivity contribution in [1.29, 1.82) is 0 Å². The van der Waals surface area contributed by atoms with Gasteiger partial charge >= 0.3 is 0 Å². The first kappa shape index (κ1) is 16.2. The lowest BCUT2D eigenvalue weighted by molar-refractivity contribution is 0.0710. The van der Waals surface area contributed by atoms with Crippen LogP contribution >= 0.6 is 0 Å². The monoisotopic (exact) mass is 357 g/mol. The second kappa shape index (κ2) is 6.21. The fraction of sp³-hybridized carbons (Fsp3) is 0.312. The summed E-state index contributed by atoms with van der Waals surface area (Å²) >= 11 is 0. The fourth-order valence-electron chi connectivity index (χ4n) is 3.26. The number of fused-ring (bicyclic) bond motifs is 1. The highest BCUT2D eigenvalue weighted by Gasteiger charge is 2.37. The van der Waals surface area contributed by atoms with Crippen molar-refractivity contribution in [2.45, 2.75) is 25.2 Å². The average Bonchev–Trinajstić information content (AvgIpc) is 3.33. The highest BCUT2D eigenvalue weighted by molar-refractivity contribution is 6.04. The Bertz CT molecular complexity index is 982. The summed E-state index contributed by atoms with van der Waals surface area (Å²) in [5, 5.41) is 15.1. The van der Waals surface area contributed by atoms with Crippen molar-refractivity contribution in [2.75, 3.05) is 6.54 Å². The number of primary amides is 1. The van der Waals surface area contributed by atoms with Gasteiger partial charge in [0.25, 0.3) is 11.8 Å². The van der Waals surface area contributed by atoms with Crippen LogP contribution in [0.1, 0.15) is 27.4 Å². The quantitative estimate of drug-likeness (QED) is 0.704. The highest BCUT2D eigenvalue weighted by Crippen LogP contribution is 2.26. The van der Waals surface area contributed by atoms with E-state index in [9.17, 15) is 14.0 Å². The molecule has 0 spiro atoms. The number of nitrogens with one attached hydrogen (secondary N) is 1. The number of hydrogen-bond donors (Lipinski definition) is 2. The Kier molecular flexibility index (Phi) is 3.86. The maximum absolute atomic E-state index is 14.0. The van der Waals surface area contributed by atoms with Crippen molar-refractivity contribution in [3.8, 4) is 0 Å².